The Balaban J connectivity index is 2.04. The molecule has 8 heteroatoms. The van der Waals surface area contributed by atoms with E-state index in [0.29, 0.717) is 16.9 Å². The minimum absolute atomic E-state index is 0.0719. The van der Waals surface area contributed by atoms with Crippen LogP contribution in [0.3, 0.4) is 0 Å². The Hall–Kier alpha value is -3.65. The second-order valence-electron chi connectivity index (χ2n) is 4.89. The van der Waals surface area contributed by atoms with Crippen LogP contribution in [0.2, 0.25) is 0 Å². The number of rotatable bonds is 5. The minimum atomic E-state index is -0.355. The highest BCUT2D eigenvalue weighted by Gasteiger charge is 2.12. The first-order valence-corrected chi connectivity index (χ1v) is 6.94. The van der Waals surface area contributed by atoms with Gasteiger partial charge in [0.1, 0.15) is 18.7 Å². The standard InChI is InChI=1S/C16H14N6O2/c1-11-15(9-22(2)20-11)16(23)19-13-5-3-4-12(6-13)10-24-21-14(7-17)8-18/h3-6,9H,10H2,1-2H3,(H,19,23). The smallest absolute Gasteiger partial charge is 0.259 e. The third-order valence-electron chi connectivity index (χ3n) is 3.04. The number of aryl methyl sites for hydroxylation is 2. The number of hydrogen-bond acceptors (Lipinski definition) is 6. The number of aromatic nitrogens is 2. The number of amides is 1. The molecule has 1 amide bonds. The number of nitrogens with one attached hydrogen (secondary N) is 1. The lowest BCUT2D eigenvalue weighted by molar-refractivity contribution is 0.102. The predicted octanol–water partition coefficient (Wildman–Crippen LogP) is 1.90. The van der Waals surface area contributed by atoms with Gasteiger partial charge >= 0.3 is 0 Å². The van der Waals surface area contributed by atoms with E-state index in [1.54, 1.807) is 61.3 Å². The maximum absolute atomic E-state index is 12.3. The van der Waals surface area contributed by atoms with Crippen molar-refractivity contribution in [2.24, 2.45) is 12.2 Å². The molecule has 0 atom stereocenters. The van der Waals surface area contributed by atoms with E-state index in [4.69, 9.17) is 15.4 Å². The van der Waals surface area contributed by atoms with Gasteiger partial charge < -0.3 is 10.2 Å². The number of nitrogens with zero attached hydrogens (tertiary/aromatic N) is 5. The molecule has 1 aromatic heterocycles. The van der Waals surface area contributed by atoms with Crippen molar-refractivity contribution in [1.82, 2.24) is 9.78 Å². The summed E-state index contributed by atoms with van der Waals surface area (Å²) in [4.78, 5) is 17.2. The average molecular weight is 322 g/mol. The Morgan fingerprint density at radius 1 is 1.42 bits per heavy atom. The topological polar surface area (TPSA) is 116 Å². The summed E-state index contributed by atoms with van der Waals surface area (Å²) in [5.74, 6) is -0.257. The zero-order valence-corrected chi connectivity index (χ0v) is 13.1. The van der Waals surface area contributed by atoms with Crippen LogP contribution in [0.4, 0.5) is 5.69 Å². The number of hydrogen-bond donors (Lipinski definition) is 1. The van der Waals surface area contributed by atoms with E-state index in [1.807, 2.05) is 0 Å². The van der Waals surface area contributed by atoms with Crippen LogP contribution in [0.25, 0.3) is 0 Å². The molecule has 0 unspecified atom stereocenters. The van der Waals surface area contributed by atoms with Crippen LogP contribution in [-0.4, -0.2) is 21.4 Å². The molecule has 0 saturated carbocycles. The molecule has 0 saturated heterocycles. The van der Waals surface area contributed by atoms with E-state index in [2.05, 4.69) is 15.6 Å². The lowest BCUT2D eigenvalue weighted by Crippen LogP contribution is -2.12. The Kier molecular flexibility index (Phi) is 5.27. The van der Waals surface area contributed by atoms with Gasteiger partial charge in [-0.1, -0.05) is 17.3 Å². The third-order valence-corrected chi connectivity index (χ3v) is 3.04. The predicted molar refractivity (Wildman–Crippen MR) is 85.8 cm³/mol. The zero-order valence-electron chi connectivity index (χ0n) is 13.1. The molecular formula is C16H14N6O2. The van der Waals surface area contributed by atoms with Crippen molar-refractivity contribution in [2.75, 3.05) is 5.32 Å². The van der Waals surface area contributed by atoms with Crippen LogP contribution in [0, 0.1) is 29.6 Å². The van der Waals surface area contributed by atoms with E-state index in [9.17, 15) is 4.79 Å². The monoisotopic (exact) mass is 322 g/mol. The molecule has 0 spiro atoms. The quantitative estimate of drug-likeness (QED) is 0.666. The SMILES string of the molecule is Cc1nn(C)cc1C(=O)Nc1cccc(CON=C(C#N)C#N)c1. The van der Waals surface area contributed by atoms with E-state index < -0.39 is 0 Å². The van der Waals surface area contributed by atoms with Gasteiger partial charge in [0.25, 0.3) is 11.6 Å². The molecule has 1 heterocycles. The fourth-order valence-corrected chi connectivity index (χ4v) is 2.00. The van der Waals surface area contributed by atoms with Gasteiger partial charge in [0.05, 0.1) is 11.3 Å². The highest BCUT2D eigenvalue weighted by molar-refractivity contribution is 6.09. The number of oxime groups is 1. The normalized spacial score (nSPS) is 9.50. The lowest BCUT2D eigenvalue weighted by Gasteiger charge is -2.06. The second-order valence-corrected chi connectivity index (χ2v) is 4.89. The summed E-state index contributed by atoms with van der Waals surface area (Å²) >= 11 is 0. The molecule has 0 aliphatic rings. The minimum Gasteiger partial charge on any atom is -0.389 e. The highest BCUT2D eigenvalue weighted by atomic mass is 16.6. The lowest BCUT2D eigenvalue weighted by atomic mass is 10.2. The summed E-state index contributed by atoms with van der Waals surface area (Å²) in [6.45, 7) is 1.83. The molecule has 0 aliphatic carbocycles. The first-order valence-electron chi connectivity index (χ1n) is 6.94. The van der Waals surface area contributed by atoms with Crippen LogP contribution in [-0.2, 0) is 18.5 Å². The van der Waals surface area contributed by atoms with Crippen molar-refractivity contribution in [1.29, 1.82) is 10.5 Å². The number of benzene rings is 1. The maximum atomic E-state index is 12.3. The summed E-state index contributed by atoms with van der Waals surface area (Å²) in [6.07, 6.45) is 1.65. The van der Waals surface area contributed by atoms with Gasteiger partial charge in [0.2, 0.25) is 0 Å². The molecule has 0 fully saturated rings. The van der Waals surface area contributed by atoms with E-state index in [1.165, 1.54) is 0 Å². The zero-order chi connectivity index (χ0) is 17.5. The van der Waals surface area contributed by atoms with Gasteiger partial charge in [-0.15, -0.1) is 0 Å². The molecule has 2 rings (SSSR count). The van der Waals surface area contributed by atoms with Gasteiger partial charge in [0, 0.05) is 18.9 Å². The summed E-state index contributed by atoms with van der Waals surface area (Å²) in [5, 5.41) is 27.4. The molecule has 0 bridgehead atoms. The first-order chi connectivity index (χ1) is 11.5. The number of nitriles is 2. The van der Waals surface area contributed by atoms with Crippen molar-refractivity contribution < 1.29 is 9.63 Å². The fraction of sp³-hybridized carbons (Fsp3) is 0.188. The van der Waals surface area contributed by atoms with Gasteiger partial charge in [-0.25, -0.2) is 0 Å². The average Bonchev–Trinajstić information content (AvgIpc) is 2.90. The molecule has 0 radical (unpaired) electrons. The molecule has 8 nitrogen and oxygen atoms in total. The van der Waals surface area contributed by atoms with E-state index in [0.717, 1.165) is 5.56 Å². The first kappa shape index (κ1) is 16.7. The molecule has 0 aliphatic heterocycles. The molecule has 1 aromatic carbocycles. The molecule has 120 valence electrons. The van der Waals surface area contributed by atoms with Crippen molar-refractivity contribution in [3.8, 4) is 12.1 Å². The molecule has 1 N–H and O–H groups in total. The Morgan fingerprint density at radius 2 is 2.17 bits per heavy atom. The Bertz CT molecular complexity index is 853. The van der Waals surface area contributed by atoms with Crippen LogP contribution in [0.5, 0.6) is 0 Å². The van der Waals surface area contributed by atoms with Crippen LogP contribution in [0.15, 0.2) is 35.6 Å². The number of carbonyl (C=O) groups is 1. The van der Waals surface area contributed by atoms with Crippen molar-refractivity contribution >= 4 is 17.3 Å². The van der Waals surface area contributed by atoms with Crippen molar-refractivity contribution in [3.05, 3.63) is 47.3 Å². The highest BCUT2D eigenvalue weighted by Crippen LogP contribution is 2.14. The van der Waals surface area contributed by atoms with Crippen LogP contribution in [0.1, 0.15) is 21.6 Å². The fourth-order valence-electron chi connectivity index (χ4n) is 2.00. The van der Waals surface area contributed by atoms with Gasteiger partial charge in [-0.05, 0) is 24.6 Å². The van der Waals surface area contributed by atoms with Gasteiger partial charge in [-0.3, -0.25) is 9.48 Å². The van der Waals surface area contributed by atoms with Crippen LogP contribution >= 0.6 is 0 Å². The molecular weight excluding hydrogens is 308 g/mol. The maximum Gasteiger partial charge on any atom is 0.259 e. The van der Waals surface area contributed by atoms with Crippen molar-refractivity contribution in [2.45, 2.75) is 13.5 Å². The number of anilines is 1. The third kappa shape index (κ3) is 4.18. The summed E-state index contributed by atoms with van der Waals surface area (Å²) < 4.78 is 1.58. The molecule has 24 heavy (non-hydrogen) atoms. The van der Waals surface area contributed by atoms with Gasteiger partial charge in [0.15, 0.2) is 0 Å². The van der Waals surface area contributed by atoms with Crippen LogP contribution < -0.4 is 5.32 Å². The summed E-state index contributed by atoms with van der Waals surface area (Å²) in [7, 11) is 1.75. The summed E-state index contributed by atoms with van der Waals surface area (Å²) in [6, 6.07) is 10.2. The van der Waals surface area contributed by atoms with Gasteiger partial charge in [-0.2, -0.15) is 15.6 Å². The number of carbonyl (C=O) groups excluding carboxylic acids is 1. The Morgan fingerprint density at radius 3 is 2.79 bits per heavy atom. The summed E-state index contributed by atoms with van der Waals surface area (Å²) in [5.41, 5.74) is 2.11. The largest absolute Gasteiger partial charge is 0.389 e. The van der Waals surface area contributed by atoms with E-state index >= 15 is 0 Å². The van der Waals surface area contributed by atoms with Crippen molar-refractivity contribution in [3.63, 3.8) is 0 Å². The molecule has 2 aromatic rings. The Labute approximate surface area is 138 Å². The second kappa shape index (κ2) is 7.56. The van der Waals surface area contributed by atoms with E-state index in [-0.39, 0.29) is 18.2 Å².